The van der Waals surface area contributed by atoms with Crippen LogP contribution in [-0.4, -0.2) is 56.8 Å². The van der Waals surface area contributed by atoms with Crippen molar-refractivity contribution in [1.82, 2.24) is 10.2 Å². The summed E-state index contributed by atoms with van der Waals surface area (Å²) in [6.45, 7) is 5.33. The summed E-state index contributed by atoms with van der Waals surface area (Å²) in [6, 6.07) is 7.43. The van der Waals surface area contributed by atoms with Crippen LogP contribution in [0, 0.1) is 0 Å². The van der Waals surface area contributed by atoms with Gasteiger partial charge in [0.05, 0.1) is 13.2 Å². The average Bonchev–Trinajstić information content (AvgIpc) is 2.52. The van der Waals surface area contributed by atoms with Crippen molar-refractivity contribution in [3.05, 3.63) is 28.7 Å². The Balaban J connectivity index is 1.54. The van der Waals surface area contributed by atoms with E-state index in [4.69, 9.17) is 9.47 Å². The molecular weight excluding hydrogens is 336 g/mol. The highest BCUT2D eigenvalue weighted by Gasteiger charge is 2.09. The van der Waals surface area contributed by atoms with Gasteiger partial charge in [-0.1, -0.05) is 15.9 Å². The molecular formula is C15H21BrN2O3. The molecule has 0 saturated carbocycles. The molecule has 0 bridgehead atoms. The molecule has 5 nitrogen and oxygen atoms in total. The molecule has 2 rings (SSSR count). The Morgan fingerprint density at radius 3 is 2.71 bits per heavy atom. The van der Waals surface area contributed by atoms with E-state index in [9.17, 15) is 4.79 Å². The zero-order chi connectivity index (χ0) is 14.9. The predicted molar refractivity (Wildman–Crippen MR) is 84.5 cm³/mol. The third-order valence-corrected chi connectivity index (χ3v) is 3.79. The highest BCUT2D eigenvalue weighted by molar-refractivity contribution is 9.10. The number of benzene rings is 1. The number of hydrogen-bond acceptors (Lipinski definition) is 4. The standard InChI is InChI=1S/C15H21BrN2O3/c16-13-2-4-14(5-3-13)21-12-15(19)17-6-1-7-18-8-10-20-11-9-18/h2-5H,1,6-12H2,(H,17,19). The van der Waals surface area contributed by atoms with Crippen molar-refractivity contribution < 1.29 is 14.3 Å². The molecule has 1 aromatic rings. The summed E-state index contributed by atoms with van der Waals surface area (Å²) in [5.74, 6) is 0.613. The Hall–Kier alpha value is -1.11. The first-order valence-electron chi connectivity index (χ1n) is 7.19. The van der Waals surface area contributed by atoms with Gasteiger partial charge < -0.3 is 14.8 Å². The third kappa shape index (κ3) is 6.46. The van der Waals surface area contributed by atoms with Gasteiger partial charge in [0.25, 0.3) is 5.91 Å². The maximum absolute atomic E-state index is 11.7. The van der Waals surface area contributed by atoms with E-state index in [1.807, 2.05) is 24.3 Å². The first kappa shape index (κ1) is 16.3. The monoisotopic (exact) mass is 356 g/mol. The quantitative estimate of drug-likeness (QED) is 0.755. The molecule has 1 aromatic carbocycles. The summed E-state index contributed by atoms with van der Waals surface area (Å²) in [5, 5.41) is 2.87. The fourth-order valence-electron chi connectivity index (χ4n) is 2.09. The molecule has 1 amide bonds. The molecule has 0 unspecified atom stereocenters. The lowest BCUT2D eigenvalue weighted by Gasteiger charge is -2.26. The van der Waals surface area contributed by atoms with E-state index in [2.05, 4.69) is 26.1 Å². The van der Waals surface area contributed by atoms with Crippen LogP contribution in [0.5, 0.6) is 5.75 Å². The molecule has 116 valence electrons. The number of rotatable bonds is 7. The third-order valence-electron chi connectivity index (χ3n) is 3.26. The largest absolute Gasteiger partial charge is 0.484 e. The maximum atomic E-state index is 11.7. The minimum absolute atomic E-state index is 0.0547. The van der Waals surface area contributed by atoms with E-state index in [0.29, 0.717) is 12.3 Å². The number of hydrogen-bond donors (Lipinski definition) is 1. The number of ether oxygens (including phenoxy) is 2. The van der Waals surface area contributed by atoms with E-state index < -0.39 is 0 Å². The second-order valence-corrected chi connectivity index (χ2v) is 5.82. The van der Waals surface area contributed by atoms with Gasteiger partial charge in [0.2, 0.25) is 0 Å². The summed E-state index contributed by atoms with van der Waals surface area (Å²) in [5.41, 5.74) is 0. The maximum Gasteiger partial charge on any atom is 0.257 e. The van der Waals surface area contributed by atoms with Crippen molar-refractivity contribution in [2.24, 2.45) is 0 Å². The Bertz CT molecular complexity index is 433. The normalized spacial score (nSPS) is 15.7. The first-order valence-corrected chi connectivity index (χ1v) is 7.98. The zero-order valence-electron chi connectivity index (χ0n) is 12.0. The van der Waals surface area contributed by atoms with Crippen molar-refractivity contribution in [3.8, 4) is 5.75 Å². The SMILES string of the molecule is O=C(COc1ccc(Br)cc1)NCCCN1CCOCC1. The fraction of sp³-hybridized carbons (Fsp3) is 0.533. The fourth-order valence-corrected chi connectivity index (χ4v) is 2.35. The van der Waals surface area contributed by atoms with E-state index in [1.54, 1.807) is 0 Å². The lowest BCUT2D eigenvalue weighted by atomic mass is 10.3. The van der Waals surface area contributed by atoms with Gasteiger partial charge in [-0.25, -0.2) is 0 Å². The van der Waals surface area contributed by atoms with Crippen LogP contribution in [0.15, 0.2) is 28.7 Å². The molecule has 0 spiro atoms. The summed E-state index contributed by atoms with van der Waals surface area (Å²) in [4.78, 5) is 14.0. The van der Waals surface area contributed by atoms with Crippen LogP contribution in [0.4, 0.5) is 0 Å². The van der Waals surface area contributed by atoms with E-state index in [-0.39, 0.29) is 12.5 Å². The number of halogens is 1. The molecule has 6 heteroatoms. The van der Waals surface area contributed by atoms with Gasteiger partial charge in [-0.2, -0.15) is 0 Å². The Morgan fingerprint density at radius 1 is 1.29 bits per heavy atom. The molecule has 0 radical (unpaired) electrons. The van der Waals surface area contributed by atoms with E-state index >= 15 is 0 Å². The number of carbonyl (C=O) groups excluding carboxylic acids is 1. The average molecular weight is 357 g/mol. The minimum atomic E-state index is -0.0834. The van der Waals surface area contributed by atoms with Crippen LogP contribution in [0.1, 0.15) is 6.42 Å². The summed E-state index contributed by atoms with van der Waals surface area (Å²) in [6.07, 6.45) is 0.948. The lowest BCUT2D eigenvalue weighted by Crippen LogP contribution is -2.38. The van der Waals surface area contributed by atoms with Gasteiger partial charge in [0.15, 0.2) is 6.61 Å². The highest BCUT2D eigenvalue weighted by Crippen LogP contribution is 2.15. The molecule has 1 fully saturated rings. The van der Waals surface area contributed by atoms with Crippen LogP contribution in [0.3, 0.4) is 0 Å². The zero-order valence-corrected chi connectivity index (χ0v) is 13.6. The van der Waals surface area contributed by atoms with Crippen LogP contribution in [0.2, 0.25) is 0 Å². The molecule has 21 heavy (non-hydrogen) atoms. The Morgan fingerprint density at radius 2 is 2.00 bits per heavy atom. The van der Waals surface area contributed by atoms with Gasteiger partial charge in [0, 0.05) is 24.1 Å². The van der Waals surface area contributed by atoms with Crippen molar-refractivity contribution in [2.75, 3.05) is 46.0 Å². The molecule has 0 aliphatic carbocycles. The van der Waals surface area contributed by atoms with Gasteiger partial charge in [-0.15, -0.1) is 0 Å². The molecule has 1 heterocycles. The van der Waals surface area contributed by atoms with Crippen molar-refractivity contribution in [1.29, 1.82) is 0 Å². The van der Waals surface area contributed by atoms with Crippen LogP contribution < -0.4 is 10.1 Å². The van der Waals surface area contributed by atoms with Gasteiger partial charge in [-0.3, -0.25) is 9.69 Å². The number of carbonyl (C=O) groups is 1. The number of nitrogens with one attached hydrogen (secondary N) is 1. The first-order chi connectivity index (χ1) is 10.2. The van der Waals surface area contributed by atoms with Gasteiger partial charge in [0.1, 0.15) is 5.75 Å². The Kier molecular flexibility index (Phi) is 6.99. The molecule has 0 aromatic heterocycles. The molecule has 0 atom stereocenters. The van der Waals surface area contributed by atoms with E-state index in [0.717, 1.165) is 43.7 Å². The smallest absolute Gasteiger partial charge is 0.257 e. The van der Waals surface area contributed by atoms with Crippen LogP contribution >= 0.6 is 15.9 Å². The van der Waals surface area contributed by atoms with Gasteiger partial charge >= 0.3 is 0 Å². The van der Waals surface area contributed by atoms with E-state index in [1.165, 1.54) is 0 Å². The predicted octanol–water partition coefficient (Wildman–Crippen LogP) is 1.67. The summed E-state index contributed by atoms with van der Waals surface area (Å²) >= 11 is 3.35. The topological polar surface area (TPSA) is 50.8 Å². The highest BCUT2D eigenvalue weighted by atomic mass is 79.9. The number of nitrogens with zero attached hydrogens (tertiary/aromatic N) is 1. The van der Waals surface area contributed by atoms with Crippen molar-refractivity contribution in [3.63, 3.8) is 0 Å². The second kappa shape index (κ2) is 9.02. The molecule has 1 aliphatic rings. The lowest BCUT2D eigenvalue weighted by molar-refractivity contribution is -0.123. The van der Waals surface area contributed by atoms with Gasteiger partial charge in [-0.05, 0) is 37.2 Å². The minimum Gasteiger partial charge on any atom is -0.484 e. The number of morpholine rings is 1. The summed E-state index contributed by atoms with van der Waals surface area (Å²) in [7, 11) is 0. The Labute approximate surface area is 133 Å². The summed E-state index contributed by atoms with van der Waals surface area (Å²) < 4.78 is 11.7. The second-order valence-electron chi connectivity index (χ2n) is 4.90. The molecule has 1 saturated heterocycles. The molecule has 1 N–H and O–H groups in total. The number of amides is 1. The van der Waals surface area contributed by atoms with Crippen LogP contribution in [0.25, 0.3) is 0 Å². The van der Waals surface area contributed by atoms with Crippen molar-refractivity contribution >= 4 is 21.8 Å². The molecule has 1 aliphatic heterocycles. The van der Waals surface area contributed by atoms with Crippen LogP contribution in [-0.2, 0) is 9.53 Å². The van der Waals surface area contributed by atoms with Crippen molar-refractivity contribution in [2.45, 2.75) is 6.42 Å².